The van der Waals surface area contributed by atoms with Crippen LogP contribution in [-0.4, -0.2) is 31.6 Å². The van der Waals surface area contributed by atoms with Crippen LogP contribution in [0.1, 0.15) is 25.8 Å². The van der Waals surface area contributed by atoms with Crippen LogP contribution in [0.5, 0.6) is 0 Å². The van der Waals surface area contributed by atoms with Crippen LogP contribution >= 0.6 is 11.8 Å². The van der Waals surface area contributed by atoms with Crippen LogP contribution in [0.4, 0.5) is 5.69 Å². The Morgan fingerprint density at radius 2 is 1.94 bits per heavy atom. The van der Waals surface area contributed by atoms with Crippen LogP contribution in [0.3, 0.4) is 0 Å². The lowest BCUT2D eigenvalue weighted by molar-refractivity contribution is 0.675. The minimum absolute atomic E-state index is 0.573. The highest BCUT2D eigenvalue weighted by atomic mass is 32.2. The second-order valence-corrected chi connectivity index (χ2v) is 5.67. The molecule has 0 aliphatic carbocycles. The lowest BCUT2D eigenvalue weighted by Gasteiger charge is -2.26. The van der Waals surface area contributed by atoms with Gasteiger partial charge in [0.25, 0.3) is 0 Å². The van der Waals surface area contributed by atoms with Crippen molar-refractivity contribution in [3.8, 4) is 0 Å². The Morgan fingerprint density at radius 3 is 2.50 bits per heavy atom. The van der Waals surface area contributed by atoms with E-state index in [0.717, 1.165) is 18.8 Å². The fourth-order valence-electron chi connectivity index (χ4n) is 1.87. The Kier molecular flexibility index (Phi) is 7.21. The van der Waals surface area contributed by atoms with Gasteiger partial charge in [0.05, 0.1) is 0 Å². The van der Waals surface area contributed by atoms with E-state index < -0.39 is 0 Å². The lowest BCUT2D eigenvalue weighted by atomic mass is 10.2. The zero-order valence-corrected chi connectivity index (χ0v) is 12.9. The first kappa shape index (κ1) is 15.4. The maximum atomic E-state index is 3.43. The molecule has 1 atom stereocenters. The van der Waals surface area contributed by atoms with Gasteiger partial charge >= 0.3 is 0 Å². The largest absolute Gasteiger partial charge is 0.371 e. The van der Waals surface area contributed by atoms with Crippen molar-refractivity contribution >= 4 is 17.4 Å². The zero-order chi connectivity index (χ0) is 13.4. The van der Waals surface area contributed by atoms with E-state index in [4.69, 9.17) is 0 Å². The van der Waals surface area contributed by atoms with Crippen molar-refractivity contribution in [3.63, 3.8) is 0 Å². The lowest BCUT2D eigenvalue weighted by Crippen LogP contribution is -2.30. The third-order valence-electron chi connectivity index (χ3n) is 3.17. The predicted octanol–water partition coefficient (Wildman–Crippen LogP) is 3.37. The first-order valence-corrected chi connectivity index (χ1v) is 8.09. The number of nitrogens with zero attached hydrogens (tertiary/aromatic N) is 1. The molecule has 1 aromatic carbocycles. The molecule has 18 heavy (non-hydrogen) atoms. The van der Waals surface area contributed by atoms with E-state index in [1.54, 1.807) is 0 Å². The molecule has 0 fully saturated rings. The van der Waals surface area contributed by atoms with Crippen LogP contribution in [0.2, 0.25) is 0 Å². The van der Waals surface area contributed by atoms with Gasteiger partial charge in [-0.25, -0.2) is 0 Å². The van der Waals surface area contributed by atoms with Crippen molar-refractivity contribution in [3.05, 3.63) is 29.8 Å². The molecule has 2 nitrogen and oxygen atoms in total. The Hall–Kier alpha value is -0.670. The van der Waals surface area contributed by atoms with E-state index in [1.807, 2.05) is 11.8 Å². The van der Waals surface area contributed by atoms with Gasteiger partial charge in [-0.15, -0.1) is 0 Å². The molecule has 3 heteroatoms. The van der Waals surface area contributed by atoms with Gasteiger partial charge in [-0.3, -0.25) is 0 Å². The van der Waals surface area contributed by atoms with Crippen molar-refractivity contribution in [2.45, 2.75) is 32.9 Å². The van der Waals surface area contributed by atoms with Crippen molar-refractivity contribution in [1.82, 2.24) is 5.32 Å². The molecule has 1 unspecified atom stereocenters. The standard InChI is InChI=1S/C15H26N2S/c1-5-10-16-11-14-6-8-15(9-7-14)17(3)13(2)12-18-4/h6-9,13,16H,5,10-12H2,1-4H3. The summed E-state index contributed by atoms with van der Waals surface area (Å²) in [6.07, 6.45) is 3.35. The van der Waals surface area contributed by atoms with Crippen molar-refractivity contribution in [2.24, 2.45) is 0 Å². The summed E-state index contributed by atoms with van der Waals surface area (Å²) >= 11 is 1.90. The number of nitrogens with one attached hydrogen (secondary N) is 1. The third kappa shape index (κ3) is 4.91. The number of hydrogen-bond acceptors (Lipinski definition) is 3. The molecule has 1 aromatic rings. The normalized spacial score (nSPS) is 12.4. The van der Waals surface area contributed by atoms with Gasteiger partial charge in [0, 0.05) is 31.1 Å². The predicted molar refractivity (Wildman–Crippen MR) is 84.7 cm³/mol. The van der Waals surface area contributed by atoms with E-state index in [1.165, 1.54) is 17.7 Å². The first-order valence-electron chi connectivity index (χ1n) is 6.70. The summed E-state index contributed by atoms with van der Waals surface area (Å²) in [7, 11) is 2.17. The fourth-order valence-corrected chi connectivity index (χ4v) is 2.57. The molecule has 0 amide bonds. The second kappa shape index (κ2) is 8.44. The number of thioether (sulfide) groups is 1. The third-order valence-corrected chi connectivity index (χ3v) is 3.98. The van der Waals surface area contributed by atoms with Crippen molar-refractivity contribution < 1.29 is 0 Å². The van der Waals surface area contributed by atoms with Crippen LogP contribution < -0.4 is 10.2 Å². The quantitative estimate of drug-likeness (QED) is 0.726. The average Bonchev–Trinajstić information content (AvgIpc) is 2.39. The molecule has 0 spiro atoms. The van der Waals surface area contributed by atoms with Gasteiger partial charge in [-0.1, -0.05) is 19.1 Å². The molecule has 0 aromatic heterocycles. The maximum Gasteiger partial charge on any atom is 0.0366 e. The Bertz CT molecular complexity index is 324. The highest BCUT2D eigenvalue weighted by molar-refractivity contribution is 7.98. The first-order chi connectivity index (χ1) is 8.69. The number of benzene rings is 1. The van der Waals surface area contributed by atoms with Crippen LogP contribution in [-0.2, 0) is 6.54 Å². The molecular weight excluding hydrogens is 240 g/mol. The van der Waals surface area contributed by atoms with Crippen molar-refractivity contribution in [2.75, 3.05) is 30.5 Å². The summed E-state index contributed by atoms with van der Waals surface area (Å²) in [5.74, 6) is 1.16. The van der Waals surface area contributed by atoms with E-state index in [2.05, 4.69) is 61.6 Å². The topological polar surface area (TPSA) is 15.3 Å². The fraction of sp³-hybridized carbons (Fsp3) is 0.600. The molecule has 0 aliphatic rings. The van der Waals surface area contributed by atoms with Gasteiger partial charge in [0.15, 0.2) is 0 Å². The minimum atomic E-state index is 0.573. The van der Waals surface area contributed by atoms with Gasteiger partial charge in [0.2, 0.25) is 0 Å². The highest BCUT2D eigenvalue weighted by Crippen LogP contribution is 2.17. The van der Waals surface area contributed by atoms with E-state index in [9.17, 15) is 0 Å². The Morgan fingerprint density at radius 1 is 1.28 bits per heavy atom. The summed E-state index contributed by atoms with van der Waals surface area (Å²) < 4.78 is 0. The minimum Gasteiger partial charge on any atom is -0.371 e. The second-order valence-electron chi connectivity index (χ2n) is 4.76. The number of rotatable bonds is 8. The number of anilines is 1. The van der Waals surface area contributed by atoms with Crippen LogP contribution in [0.25, 0.3) is 0 Å². The van der Waals surface area contributed by atoms with E-state index in [0.29, 0.717) is 6.04 Å². The molecular formula is C15H26N2S. The number of hydrogen-bond donors (Lipinski definition) is 1. The monoisotopic (exact) mass is 266 g/mol. The van der Waals surface area contributed by atoms with E-state index >= 15 is 0 Å². The Labute approximate surface area is 116 Å². The molecule has 1 N–H and O–H groups in total. The SMILES string of the molecule is CCCNCc1ccc(N(C)C(C)CSC)cc1. The molecule has 0 radical (unpaired) electrons. The van der Waals surface area contributed by atoms with Crippen molar-refractivity contribution in [1.29, 1.82) is 0 Å². The summed E-state index contributed by atoms with van der Waals surface area (Å²) in [6, 6.07) is 9.46. The molecule has 102 valence electrons. The van der Waals surface area contributed by atoms with E-state index in [-0.39, 0.29) is 0 Å². The summed E-state index contributed by atoms with van der Waals surface area (Å²) in [5.41, 5.74) is 2.66. The van der Waals surface area contributed by atoms with Crippen LogP contribution in [0.15, 0.2) is 24.3 Å². The molecule has 0 saturated heterocycles. The Balaban J connectivity index is 2.53. The smallest absolute Gasteiger partial charge is 0.0366 e. The summed E-state index contributed by atoms with van der Waals surface area (Å²) in [6.45, 7) is 6.52. The van der Waals surface area contributed by atoms with Gasteiger partial charge < -0.3 is 10.2 Å². The summed E-state index contributed by atoms with van der Waals surface area (Å²) in [5, 5.41) is 3.43. The molecule has 0 saturated carbocycles. The molecule has 0 bridgehead atoms. The summed E-state index contributed by atoms with van der Waals surface area (Å²) in [4.78, 5) is 2.35. The van der Waals surface area contributed by atoms with Gasteiger partial charge in [0.1, 0.15) is 0 Å². The van der Waals surface area contributed by atoms with Crippen LogP contribution in [0, 0.1) is 0 Å². The highest BCUT2D eigenvalue weighted by Gasteiger charge is 2.08. The zero-order valence-electron chi connectivity index (χ0n) is 12.1. The van der Waals surface area contributed by atoms with Gasteiger partial charge in [-0.05, 0) is 43.8 Å². The maximum absolute atomic E-state index is 3.43. The average molecular weight is 266 g/mol. The molecule has 0 heterocycles. The molecule has 0 aliphatic heterocycles. The van der Waals surface area contributed by atoms with Gasteiger partial charge in [-0.2, -0.15) is 11.8 Å². The molecule has 1 rings (SSSR count).